The van der Waals surface area contributed by atoms with E-state index in [1.807, 2.05) is 0 Å². The molecular weight excluding hydrogens is 285 g/mol. The lowest BCUT2D eigenvalue weighted by Crippen LogP contribution is -2.43. The summed E-state index contributed by atoms with van der Waals surface area (Å²) in [4.78, 5) is 12.7. The number of carbonyl (C=O) groups excluding carboxylic acids is 1. The minimum absolute atomic E-state index is 0.0198. The van der Waals surface area contributed by atoms with E-state index in [2.05, 4.69) is 0 Å². The van der Waals surface area contributed by atoms with E-state index in [4.69, 9.17) is 10.5 Å². The molecule has 0 saturated heterocycles. The van der Waals surface area contributed by atoms with Crippen LogP contribution < -0.4 is 10.5 Å². The molecule has 1 amide bonds. The molecule has 0 atom stereocenters. The molecule has 0 spiro atoms. The number of anilines is 1. The topological polar surface area (TPSA) is 55.6 Å². The van der Waals surface area contributed by atoms with Crippen LogP contribution in [0.1, 0.15) is 13.8 Å². The van der Waals surface area contributed by atoms with E-state index in [1.165, 1.54) is 0 Å². The summed E-state index contributed by atoms with van der Waals surface area (Å²) in [6.07, 6.45) is -4.43. The lowest BCUT2D eigenvalue weighted by atomic mass is 10.2. The van der Waals surface area contributed by atoms with Crippen molar-refractivity contribution in [1.82, 2.24) is 4.90 Å². The highest BCUT2D eigenvalue weighted by Crippen LogP contribution is 2.21. The summed E-state index contributed by atoms with van der Waals surface area (Å²) < 4.78 is 42.7. The summed E-state index contributed by atoms with van der Waals surface area (Å²) in [5.41, 5.74) is 5.97. The van der Waals surface area contributed by atoms with Crippen molar-refractivity contribution in [1.29, 1.82) is 0 Å². The summed E-state index contributed by atoms with van der Waals surface area (Å²) in [5.74, 6) is -0.510. The average molecular weight is 304 g/mol. The number of alkyl halides is 3. The maximum Gasteiger partial charge on any atom is 0.406 e. The van der Waals surface area contributed by atoms with Crippen molar-refractivity contribution in [3.63, 3.8) is 0 Å². The first kappa shape index (κ1) is 17.1. The fourth-order valence-electron chi connectivity index (χ4n) is 1.75. The molecule has 0 heterocycles. The Labute approximate surface area is 121 Å². The molecule has 0 unspecified atom stereocenters. The van der Waals surface area contributed by atoms with Gasteiger partial charge in [-0.1, -0.05) is 26.0 Å². The third-order valence-corrected chi connectivity index (χ3v) is 2.58. The molecule has 0 fully saturated rings. The van der Waals surface area contributed by atoms with Crippen molar-refractivity contribution in [2.45, 2.75) is 20.0 Å². The summed E-state index contributed by atoms with van der Waals surface area (Å²) in [6, 6.07) is 6.50. The molecule has 0 aliphatic rings. The number of para-hydroxylation sites is 2. The van der Waals surface area contributed by atoms with Gasteiger partial charge in [0.1, 0.15) is 12.3 Å². The fourth-order valence-corrected chi connectivity index (χ4v) is 1.75. The average Bonchev–Trinajstić information content (AvgIpc) is 2.34. The zero-order valence-electron chi connectivity index (χ0n) is 12.0. The predicted molar refractivity (Wildman–Crippen MR) is 73.8 cm³/mol. The van der Waals surface area contributed by atoms with Crippen LogP contribution in [0.25, 0.3) is 0 Å². The van der Waals surface area contributed by atoms with E-state index in [9.17, 15) is 18.0 Å². The molecule has 0 aromatic heterocycles. The Hall–Kier alpha value is -1.92. The number of hydrogen-bond acceptors (Lipinski definition) is 3. The standard InChI is InChI=1S/C14H19F3N2O2/c1-10(2)7-19(9-14(15,16)17)13(20)8-21-12-6-4-3-5-11(12)18/h3-6,10H,7-9,18H2,1-2H3. The number of halogens is 3. The summed E-state index contributed by atoms with van der Waals surface area (Å²) in [6.45, 7) is 1.75. The number of amides is 1. The first-order chi connectivity index (χ1) is 9.69. The van der Waals surface area contributed by atoms with E-state index >= 15 is 0 Å². The van der Waals surface area contributed by atoms with Crippen LogP contribution in [0.4, 0.5) is 18.9 Å². The van der Waals surface area contributed by atoms with E-state index in [0.717, 1.165) is 4.90 Å². The SMILES string of the molecule is CC(C)CN(CC(F)(F)F)C(=O)COc1ccccc1N. The lowest BCUT2D eigenvalue weighted by molar-refractivity contribution is -0.163. The third kappa shape index (κ3) is 6.37. The number of hydrogen-bond donors (Lipinski definition) is 1. The Morgan fingerprint density at radius 3 is 2.48 bits per heavy atom. The Bertz CT molecular complexity index is 476. The third-order valence-electron chi connectivity index (χ3n) is 2.58. The molecule has 21 heavy (non-hydrogen) atoms. The maximum absolute atomic E-state index is 12.5. The molecule has 0 aliphatic carbocycles. The number of nitrogens with two attached hydrogens (primary N) is 1. The predicted octanol–water partition coefficient (Wildman–Crippen LogP) is 2.69. The molecule has 0 saturated carbocycles. The van der Waals surface area contributed by atoms with Crippen LogP contribution in [0.15, 0.2) is 24.3 Å². The first-order valence-electron chi connectivity index (χ1n) is 6.51. The maximum atomic E-state index is 12.5. The van der Waals surface area contributed by atoms with Crippen LogP contribution in [0, 0.1) is 5.92 Å². The Kier molecular flexibility index (Phi) is 5.87. The van der Waals surface area contributed by atoms with Gasteiger partial charge >= 0.3 is 6.18 Å². The van der Waals surface area contributed by atoms with Gasteiger partial charge in [0.05, 0.1) is 5.69 Å². The molecule has 4 nitrogen and oxygen atoms in total. The fraction of sp³-hybridized carbons (Fsp3) is 0.500. The number of nitrogens with zero attached hydrogens (tertiary/aromatic N) is 1. The molecule has 2 N–H and O–H groups in total. The second kappa shape index (κ2) is 7.19. The Morgan fingerprint density at radius 2 is 1.95 bits per heavy atom. The quantitative estimate of drug-likeness (QED) is 0.822. The Balaban J connectivity index is 2.66. The van der Waals surface area contributed by atoms with Gasteiger partial charge in [0, 0.05) is 6.54 Å². The van der Waals surface area contributed by atoms with Crippen LogP contribution in [0.2, 0.25) is 0 Å². The number of benzene rings is 1. The zero-order chi connectivity index (χ0) is 16.0. The first-order valence-corrected chi connectivity index (χ1v) is 6.51. The van der Waals surface area contributed by atoms with Gasteiger partial charge in [-0.15, -0.1) is 0 Å². The highest BCUT2D eigenvalue weighted by atomic mass is 19.4. The smallest absolute Gasteiger partial charge is 0.406 e. The van der Waals surface area contributed by atoms with E-state index in [-0.39, 0.29) is 18.2 Å². The van der Waals surface area contributed by atoms with Gasteiger partial charge < -0.3 is 15.4 Å². The molecule has 0 aliphatic heterocycles. The highest BCUT2D eigenvalue weighted by Gasteiger charge is 2.33. The second-order valence-corrected chi connectivity index (χ2v) is 5.11. The van der Waals surface area contributed by atoms with Crippen molar-refractivity contribution < 1.29 is 22.7 Å². The van der Waals surface area contributed by atoms with Gasteiger partial charge in [0.15, 0.2) is 6.61 Å². The molecular formula is C14H19F3N2O2. The van der Waals surface area contributed by atoms with Gasteiger partial charge in [0.2, 0.25) is 0 Å². The second-order valence-electron chi connectivity index (χ2n) is 5.11. The molecule has 118 valence electrons. The number of ether oxygens (including phenoxy) is 1. The van der Waals surface area contributed by atoms with Crippen molar-refractivity contribution >= 4 is 11.6 Å². The number of carbonyl (C=O) groups is 1. The van der Waals surface area contributed by atoms with Gasteiger partial charge in [-0.05, 0) is 18.1 Å². The number of nitrogen functional groups attached to an aromatic ring is 1. The summed E-state index contributed by atoms with van der Waals surface area (Å²) in [5, 5.41) is 0. The van der Waals surface area contributed by atoms with Crippen LogP contribution in [-0.4, -0.2) is 36.7 Å². The molecule has 0 bridgehead atoms. The van der Waals surface area contributed by atoms with Crippen LogP contribution in [-0.2, 0) is 4.79 Å². The minimum Gasteiger partial charge on any atom is -0.482 e. The van der Waals surface area contributed by atoms with Gasteiger partial charge in [-0.2, -0.15) is 13.2 Å². The lowest BCUT2D eigenvalue weighted by Gasteiger charge is -2.25. The zero-order valence-corrected chi connectivity index (χ0v) is 12.0. The molecule has 0 radical (unpaired) electrons. The summed E-state index contributed by atoms with van der Waals surface area (Å²) >= 11 is 0. The molecule has 7 heteroatoms. The van der Waals surface area contributed by atoms with Crippen molar-refractivity contribution in [2.24, 2.45) is 5.92 Å². The number of rotatable bonds is 6. The largest absolute Gasteiger partial charge is 0.482 e. The molecule has 1 rings (SSSR count). The van der Waals surface area contributed by atoms with Crippen molar-refractivity contribution in [3.05, 3.63) is 24.3 Å². The van der Waals surface area contributed by atoms with E-state index in [1.54, 1.807) is 38.1 Å². The highest BCUT2D eigenvalue weighted by molar-refractivity contribution is 5.78. The van der Waals surface area contributed by atoms with Gasteiger partial charge in [-0.3, -0.25) is 4.79 Å². The molecule has 1 aromatic carbocycles. The molecule has 1 aromatic rings. The van der Waals surface area contributed by atoms with Gasteiger partial charge in [-0.25, -0.2) is 0 Å². The van der Waals surface area contributed by atoms with Crippen LogP contribution >= 0.6 is 0 Å². The van der Waals surface area contributed by atoms with Crippen molar-refractivity contribution in [3.8, 4) is 5.75 Å². The van der Waals surface area contributed by atoms with Crippen LogP contribution in [0.5, 0.6) is 5.75 Å². The normalized spacial score (nSPS) is 11.5. The minimum atomic E-state index is -4.43. The van der Waals surface area contributed by atoms with Crippen LogP contribution in [0.3, 0.4) is 0 Å². The van der Waals surface area contributed by atoms with E-state index < -0.39 is 25.2 Å². The Morgan fingerprint density at radius 1 is 1.33 bits per heavy atom. The van der Waals surface area contributed by atoms with Gasteiger partial charge in [0.25, 0.3) is 5.91 Å². The monoisotopic (exact) mass is 304 g/mol. The van der Waals surface area contributed by atoms with Crippen molar-refractivity contribution in [2.75, 3.05) is 25.4 Å². The van der Waals surface area contributed by atoms with E-state index in [0.29, 0.717) is 5.69 Å². The summed E-state index contributed by atoms with van der Waals surface area (Å²) in [7, 11) is 0.